The van der Waals surface area contributed by atoms with E-state index in [4.69, 9.17) is 5.14 Å². The minimum Gasteiger partial charge on any atom is -0.360 e. The molecule has 21 heavy (non-hydrogen) atoms. The van der Waals surface area contributed by atoms with Gasteiger partial charge in [0.2, 0.25) is 15.8 Å². The number of anilines is 1. The number of hydrogen-bond acceptors (Lipinski definition) is 6. The maximum Gasteiger partial charge on any atom is 0.312 e. The largest absolute Gasteiger partial charge is 0.360 e. The van der Waals surface area contributed by atoms with Gasteiger partial charge in [0.05, 0.1) is 4.92 Å². The van der Waals surface area contributed by atoms with E-state index in [1.807, 2.05) is 30.3 Å². The molecule has 9 heteroatoms. The molecule has 3 N–H and O–H groups in total. The molecule has 0 unspecified atom stereocenters. The van der Waals surface area contributed by atoms with Gasteiger partial charge in [-0.2, -0.15) is 0 Å². The van der Waals surface area contributed by atoms with Crippen LogP contribution in [-0.4, -0.2) is 18.3 Å². The predicted molar refractivity (Wildman–Crippen MR) is 76.0 cm³/mol. The van der Waals surface area contributed by atoms with E-state index in [2.05, 4.69) is 10.3 Å². The Labute approximate surface area is 120 Å². The maximum atomic E-state index is 11.2. The topological polar surface area (TPSA) is 128 Å². The fourth-order valence-corrected chi connectivity index (χ4v) is 2.12. The molecule has 1 aromatic heterocycles. The lowest BCUT2D eigenvalue weighted by Crippen LogP contribution is -2.14. The molecule has 0 fully saturated rings. The first-order chi connectivity index (χ1) is 9.88. The number of benzene rings is 1. The molecule has 0 aliphatic heterocycles. The summed E-state index contributed by atoms with van der Waals surface area (Å²) in [6.45, 7) is 0.323. The highest BCUT2D eigenvalue weighted by Gasteiger charge is 2.20. The molecule has 0 radical (unpaired) electrons. The lowest BCUT2D eigenvalue weighted by atomic mass is 10.2. The monoisotopic (exact) mass is 308 g/mol. The molecule has 2 aromatic rings. The van der Waals surface area contributed by atoms with Crippen LogP contribution in [0.1, 0.15) is 5.56 Å². The number of nitrogens with one attached hydrogen (secondary N) is 1. The van der Waals surface area contributed by atoms with Gasteiger partial charge in [0.15, 0.2) is 0 Å². The number of pyridine rings is 1. The van der Waals surface area contributed by atoms with Gasteiger partial charge in [-0.15, -0.1) is 0 Å². The third kappa shape index (κ3) is 3.74. The summed E-state index contributed by atoms with van der Waals surface area (Å²) in [6.07, 6.45) is 0.982. The first-order valence-corrected chi connectivity index (χ1v) is 7.37. The van der Waals surface area contributed by atoms with E-state index in [1.165, 1.54) is 0 Å². The highest BCUT2D eigenvalue weighted by Crippen LogP contribution is 2.24. The summed E-state index contributed by atoms with van der Waals surface area (Å²) < 4.78 is 22.4. The summed E-state index contributed by atoms with van der Waals surface area (Å²) in [5, 5.41) is 18.7. The minimum absolute atomic E-state index is 0.0174. The lowest BCUT2D eigenvalue weighted by molar-refractivity contribution is -0.384. The number of sulfonamides is 1. The van der Waals surface area contributed by atoms with Crippen LogP contribution in [0.5, 0.6) is 0 Å². The molecule has 0 aliphatic rings. The Balaban J connectivity index is 2.29. The number of rotatable bonds is 5. The Hall–Kier alpha value is -2.52. The summed E-state index contributed by atoms with van der Waals surface area (Å²) in [4.78, 5) is 13.7. The number of primary sulfonamides is 1. The van der Waals surface area contributed by atoms with E-state index >= 15 is 0 Å². The summed E-state index contributed by atoms with van der Waals surface area (Å²) in [5.74, 6) is -0.0174. The van der Waals surface area contributed by atoms with Crippen LogP contribution in [0, 0.1) is 10.1 Å². The van der Waals surface area contributed by atoms with Crippen LogP contribution in [0.15, 0.2) is 47.5 Å². The van der Waals surface area contributed by atoms with Crippen LogP contribution in [0.2, 0.25) is 0 Å². The van der Waals surface area contributed by atoms with Crippen molar-refractivity contribution in [2.24, 2.45) is 5.14 Å². The fourth-order valence-electron chi connectivity index (χ4n) is 1.65. The molecule has 0 spiro atoms. The Morgan fingerprint density at radius 2 is 1.95 bits per heavy atom. The fraction of sp³-hybridized carbons (Fsp3) is 0.0833. The molecule has 0 amide bonds. The van der Waals surface area contributed by atoms with Gasteiger partial charge in [0.1, 0.15) is 4.90 Å². The average Bonchev–Trinajstić information content (AvgIpc) is 2.45. The van der Waals surface area contributed by atoms with Crippen LogP contribution in [0.3, 0.4) is 0 Å². The number of hydrogen-bond donors (Lipinski definition) is 2. The standard InChI is InChI=1S/C12H12N4O4S/c13-21(19,20)10-6-11(16(17)18)12(15-8-10)14-7-9-4-2-1-3-5-9/h1-6,8H,7H2,(H,14,15)(H2,13,19,20). The minimum atomic E-state index is -4.04. The molecule has 1 heterocycles. The van der Waals surface area contributed by atoms with Crippen LogP contribution >= 0.6 is 0 Å². The van der Waals surface area contributed by atoms with E-state index in [0.717, 1.165) is 17.8 Å². The van der Waals surface area contributed by atoms with E-state index in [0.29, 0.717) is 6.54 Å². The number of nitro groups is 1. The van der Waals surface area contributed by atoms with Crippen molar-refractivity contribution in [3.8, 4) is 0 Å². The molecule has 0 aliphatic carbocycles. The molecule has 0 atom stereocenters. The number of nitrogens with two attached hydrogens (primary N) is 1. The van der Waals surface area contributed by atoms with Gasteiger partial charge in [0.25, 0.3) is 0 Å². The number of nitrogens with zero attached hydrogens (tertiary/aromatic N) is 2. The Morgan fingerprint density at radius 1 is 1.29 bits per heavy atom. The van der Waals surface area contributed by atoms with Crippen molar-refractivity contribution < 1.29 is 13.3 Å². The van der Waals surface area contributed by atoms with Crippen molar-refractivity contribution >= 4 is 21.5 Å². The van der Waals surface area contributed by atoms with Crippen molar-refractivity contribution in [3.05, 3.63) is 58.3 Å². The second-order valence-corrected chi connectivity index (χ2v) is 5.74. The lowest BCUT2D eigenvalue weighted by Gasteiger charge is -2.07. The molecule has 1 aromatic carbocycles. The zero-order valence-corrected chi connectivity index (χ0v) is 11.6. The molecule has 0 saturated heterocycles. The van der Waals surface area contributed by atoms with Gasteiger partial charge in [-0.1, -0.05) is 30.3 Å². The SMILES string of the molecule is NS(=O)(=O)c1cnc(NCc2ccccc2)c([N+](=O)[O-])c1. The van der Waals surface area contributed by atoms with E-state index in [1.54, 1.807) is 0 Å². The van der Waals surface area contributed by atoms with E-state index < -0.39 is 25.5 Å². The Morgan fingerprint density at radius 3 is 2.52 bits per heavy atom. The first-order valence-electron chi connectivity index (χ1n) is 5.83. The molecular formula is C12H12N4O4S. The van der Waals surface area contributed by atoms with Crippen molar-refractivity contribution in [1.82, 2.24) is 4.98 Å². The summed E-state index contributed by atoms with van der Waals surface area (Å²) in [5.41, 5.74) is 0.460. The summed E-state index contributed by atoms with van der Waals surface area (Å²) >= 11 is 0. The smallest absolute Gasteiger partial charge is 0.312 e. The van der Waals surface area contributed by atoms with Crippen molar-refractivity contribution in [2.75, 3.05) is 5.32 Å². The highest BCUT2D eigenvalue weighted by atomic mass is 32.2. The maximum absolute atomic E-state index is 11.2. The van der Waals surface area contributed by atoms with Gasteiger partial charge in [-0.25, -0.2) is 18.5 Å². The second-order valence-electron chi connectivity index (χ2n) is 4.18. The quantitative estimate of drug-likeness (QED) is 0.632. The van der Waals surface area contributed by atoms with Crippen LogP contribution in [0.4, 0.5) is 11.5 Å². The first kappa shape index (κ1) is 14.9. The number of aromatic nitrogens is 1. The normalized spacial score (nSPS) is 11.1. The predicted octanol–water partition coefficient (Wildman–Crippen LogP) is 1.25. The average molecular weight is 308 g/mol. The molecule has 8 nitrogen and oxygen atoms in total. The van der Waals surface area contributed by atoms with Crippen LogP contribution in [-0.2, 0) is 16.6 Å². The Kier molecular flexibility index (Phi) is 4.15. The summed E-state index contributed by atoms with van der Waals surface area (Å²) in [7, 11) is -4.04. The van der Waals surface area contributed by atoms with E-state index in [9.17, 15) is 18.5 Å². The summed E-state index contributed by atoms with van der Waals surface area (Å²) in [6, 6.07) is 10.1. The Bertz CT molecular complexity index is 762. The molecule has 0 bridgehead atoms. The van der Waals surface area contributed by atoms with Gasteiger partial charge < -0.3 is 5.32 Å². The van der Waals surface area contributed by atoms with Crippen molar-refractivity contribution in [1.29, 1.82) is 0 Å². The molecule has 2 rings (SSSR count). The highest BCUT2D eigenvalue weighted by molar-refractivity contribution is 7.89. The van der Waals surface area contributed by atoms with Crippen LogP contribution < -0.4 is 10.5 Å². The third-order valence-electron chi connectivity index (χ3n) is 2.67. The molecular weight excluding hydrogens is 296 g/mol. The molecule has 110 valence electrons. The second kappa shape index (κ2) is 5.85. The van der Waals surface area contributed by atoms with Crippen molar-refractivity contribution in [3.63, 3.8) is 0 Å². The van der Waals surface area contributed by atoms with Gasteiger partial charge >= 0.3 is 5.69 Å². The zero-order valence-electron chi connectivity index (χ0n) is 10.8. The zero-order chi connectivity index (χ0) is 15.5. The van der Waals surface area contributed by atoms with E-state index in [-0.39, 0.29) is 5.82 Å². The molecule has 0 saturated carbocycles. The van der Waals surface area contributed by atoms with Crippen LogP contribution in [0.25, 0.3) is 0 Å². The van der Waals surface area contributed by atoms with Gasteiger partial charge in [0, 0.05) is 18.8 Å². The van der Waals surface area contributed by atoms with Gasteiger partial charge in [-0.3, -0.25) is 10.1 Å². The van der Waals surface area contributed by atoms with Crippen molar-refractivity contribution in [2.45, 2.75) is 11.4 Å². The van der Waals surface area contributed by atoms with Gasteiger partial charge in [-0.05, 0) is 5.56 Å². The third-order valence-corrected chi connectivity index (χ3v) is 3.55.